The molecule has 3 heteroatoms. The number of allylic oxidation sites excluding steroid dienone is 5. The number of nitrogens with zero attached hydrogens (tertiary/aromatic N) is 2. The zero-order valence-electron chi connectivity index (χ0n) is 27.6. The van der Waals surface area contributed by atoms with Gasteiger partial charge in [0.1, 0.15) is 11.2 Å². The molecule has 1 aliphatic rings. The fraction of sp³-hybridized carbons (Fsp3) is 0.0870. The summed E-state index contributed by atoms with van der Waals surface area (Å²) in [6.45, 7) is 9.07. The van der Waals surface area contributed by atoms with E-state index in [1.807, 2.05) is 12.1 Å². The van der Waals surface area contributed by atoms with Crippen LogP contribution in [0, 0.1) is 0 Å². The molecular weight excluding hydrogens is 597 g/mol. The van der Waals surface area contributed by atoms with E-state index in [0.29, 0.717) is 0 Å². The molecule has 3 aromatic heterocycles. The van der Waals surface area contributed by atoms with E-state index in [4.69, 9.17) is 4.42 Å². The summed E-state index contributed by atoms with van der Waals surface area (Å²) in [5, 5.41) is 7.35. The summed E-state index contributed by atoms with van der Waals surface area (Å²) in [7, 11) is 0. The van der Waals surface area contributed by atoms with Gasteiger partial charge in [-0.2, -0.15) is 0 Å². The van der Waals surface area contributed by atoms with Crippen LogP contribution in [0.1, 0.15) is 25.0 Å². The lowest BCUT2D eigenvalue weighted by molar-refractivity contribution is 0.635. The van der Waals surface area contributed by atoms with Crippen LogP contribution in [0.15, 0.2) is 162 Å². The zero-order chi connectivity index (χ0) is 32.9. The molecule has 49 heavy (non-hydrogen) atoms. The molecular formula is C46H34N2O. The summed E-state index contributed by atoms with van der Waals surface area (Å²) in [4.78, 5) is 2.39. The van der Waals surface area contributed by atoms with Gasteiger partial charge in [-0.25, -0.2) is 0 Å². The van der Waals surface area contributed by atoms with Crippen molar-refractivity contribution in [2.75, 3.05) is 4.90 Å². The molecule has 6 aromatic carbocycles. The molecule has 0 radical (unpaired) electrons. The first-order valence-electron chi connectivity index (χ1n) is 17.0. The minimum Gasteiger partial charge on any atom is -0.456 e. The third kappa shape index (κ3) is 4.02. The molecule has 0 amide bonds. The molecule has 0 saturated heterocycles. The molecule has 0 fully saturated rings. The second-order valence-electron chi connectivity index (χ2n) is 13.9. The molecule has 3 heterocycles. The topological polar surface area (TPSA) is 20.8 Å². The third-order valence-corrected chi connectivity index (χ3v) is 10.8. The normalized spacial score (nSPS) is 16.0. The van der Waals surface area contributed by atoms with Crippen LogP contribution >= 0.6 is 0 Å². The molecule has 0 saturated carbocycles. The molecule has 0 unspecified atom stereocenters. The minimum absolute atomic E-state index is 0.250. The van der Waals surface area contributed by atoms with Gasteiger partial charge >= 0.3 is 0 Å². The van der Waals surface area contributed by atoms with Crippen molar-refractivity contribution in [3.05, 3.63) is 169 Å². The van der Waals surface area contributed by atoms with Crippen LogP contribution in [-0.4, -0.2) is 4.40 Å². The van der Waals surface area contributed by atoms with Gasteiger partial charge < -0.3 is 13.7 Å². The van der Waals surface area contributed by atoms with E-state index in [2.05, 4.69) is 163 Å². The number of aromatic nitrogens is 1. The molecule has 1 aliphatic carbocycles. The van der Waals surface area contributed by atoms with Crippen molar-refractivity contribution < 1.29 is 4.42 Å². The van der Waals surface area contributed by atoms with Crippen molar-refractivity contribution in [2.24, 2.45) is 0 Å². The van der Waals surface area contributed by atoms with Crippen molar-refractivity contribution in [1.29, 1.82) is 0 Å². The third-order valence-electron chi connectivity index (χ3n) is 10.8. The van der Waals surface area contributed by atoms with Crippen LogP contribution in [0.4, 0.5) is 17.1 Å². The Morgan fingerprint density at radius 2 is 1.29 bits per heavy atom. The summed E-state index contributed by atoms with van der Waals surface area (Å²) < 4.78 is 8.86. The number of furan rings is 1. The predicted molar refractivity (Wildman–Crippen MR) is 207 cm³/mol. The van der Waals surface area contributed by atoms with Crippen molar-refractivity contribution in [3.8, 4) is 0 Å². The summed E-state index contributed by atoms with van der Waals surface area (Å²) in [6.07, 6.45) is 9.49. The van der Waals surface area contributed by atoms with Gasteiger partial charge in [0, 0.05) is 60.9 Å². The van der Waals surface area contributed by atoms with Crippen molar-refractivity contribution in [3.63, 3.8) is 0 Å². The smallest absolute Gasteiger partial charge is 0.137 e. The van der Waals surface area contributed by atoms with E-state index in [9.17, 15) is 0 Å². The lowest BCUT2D eigenvalue weighted by atomic mass is 9.75. The Morgan fingerprint density at radius 3 is 2.18 bits per heavy atom. The molecule has 3 nitrogen and oxygen atoms in total. The van der Waals surface area contributed by atoms with Gasteiger partial charge in [-0.05, 0) is 77.7 Å². The summed E-state index contributed by atoms with van der Waals surface area (Å²) in [5.41, 5.74) is 12.2. The average Bonchev–Trinajstić information content (AvgIpc) is 3.79. The first-order chi connectivity index (χ1) is 24.0. The average molecular weight is 631 g/mol. The van der Waals surface area contributed by atoms with E-state index < -0.39 is 0 Å². The first-order valence-corrected chi connectivity index (χ1v) is 17.0. The number of anilines is 3. The summed E-state index contributed by atoms with van der Waals surface area (Å²) >= 11 is 0. The zero-order valence-corrected chi connectivity index (χ0v) is 27.6. The number of benzene rings is 6. The quantitative estimate of drug-likeness (QED) is 0.194. The van der Waals surface area contributed by atoms with E-state index in [1.54, 1.807) is 0 Å². The van der Waals surface area contributed by atoms with Crippen LogP contribution in [0.2, 0.25) is 0 Å². The Balaban J connectivity index is 1.23. The van der Waals surface area contributed by atoms with Gasteiger partial charge in [0.2, 0.25) is 0 Å². The van der Waals surface area contributed by atoms with Crippen LogP contribution < -0.4 is 4.90 Å². The minimum atomic E-state index is -0.250. The van der Waals surface area contributed by atoms with E-state index in [-0.39, 0.29) is 5.41 Å². The van der Waals surface area contributed by atoms with E-state index in [1.165, 1.54) is 49.2 Å². The SMILES string of the molecule is C=C1/C=C\C=C/Cc2ccc(N(c3ccc4c(c3)oc3ccccc34)c3ccc4c(c3)c3cccc5c6ccccc6n4c53)cc2C1(C)C. The van der Waals surface area contributed by atoms with Gasteiger partial charge in [0.15, 0.2) is 0 Å². The van der Waals surface area contributed by atoms with Gasteiger partial charge in [-0.3, -0.25) is 0 Å². The first kappa shape index (κ1) is 28.0. The fourth-order valence-corrected chi connectivity index (χ4v) is 8.15. The Labute approximate surface area is 284 Å². The largest absolute Gasteiger partial charge is 0.456 e. The highest BCUT2D eigenvalue weighted by atomic mass is 16.3. The second kappa shape index (κ2) is 10.2. The number of hydrogen-bond donors (Lipinski definition) is 0. The van der Waals surface area contributed by atoms with E-state index >= 15 is 0 Å². The van der Waals surface area contributed by atoms with Crippen LogP contribution in [-0.2, 0) is 11.8 Å². The lowest BCUT2D eigenvalue weighted by Gasteiger charge is -2.32. The fourth-order valence-electron chi connectivity index (χ4n) is 8.15. The Bertz CT molecular complexity index is 2860. The maximum Gasteiger partial charge on any atom is 0.137 e. The maximum absolute atomic E-state index is 6.43. The van der Waals surface area contributed by atoms with Crippen molar-refractivity contribution >= 4 is 77.1 Å². The van der Waals surface area contributed by atoms with Crippen molar-refractivity contribution in [1.82, 2.24) is 4.40 Å². The predicted octanol–water partition coefficient (Wildman–Crippen LogP) is 12.7. The Kier molecular flexibility index (Phi) is 5.84. The van der Waals surface area contributed by atoms with Gasteiger partial charge in [-0.1, -0.05) is 105 Å². The molecule has 0 atom stereocenters. The molecule has 0 N–H and O–H groups in total. The monoisotopic (exact) mass is 630 g/mol. The van der Waals surface area contributed by atoms with Crippen LogP contribution in [0.3, 0.4) is 0 Å². The number of hydrogen-bond acceptors (Lipinski definition) is 2. The molecule has 10 rings (SSSR count). The summed E-state index contributed by atoms with van der Waals surface area (Å²) in [5.74, 6) is 0. The van der Waals surface area contributed by atoms with Crippen LogP contribution in [0.5, 0.6) is 0 Å². The van der Waals surface area contributed by atoms with Gasteiger partial charge in [0.25, 0.3) is 0 Å². The molecule has 234 valence electrons. The highest BCUT2D eigenvalue weighted by molar-refractivity contribution is 6.23. The van der Waals surface area contributed by atoms with Gasteiger partial charge in [-0.15, -0.1) is 0 Å². The van der Waals surface area contributed by atoms with E-state index in [0.717, 1.165) is 51.0 Å². The van der Waals surface area contributed by atoms with Crippen LogP contribution in [0.25, 0.3) is 60.0 Å². The Morgan fingerprint density at radius 1 is 0.612 bits per heavy atom. The lowest BCUT2D eigenvalue weighted by Crippen LogP contribution is -2.21. The maximum atomic E-state index is 6.43. The highest BCUT2D eigenvalue weighted by Gasteiger charge is 2.28. The summed E-state index contributed by atoms with van der Waals surface area (Å²) in [6, 6.07) is 44.2. The molecule has 0 spiro atoms. The number of rotatable bonds is 3. The molecule has 9 aromatic rings. The van der Waals surface area contributed by atoms with Crippen molar-refractivity contribution in [2.45, 2.75) is 25.7 Å². The highest BCUT2D eigenvalue weighted by Crippen LogP contribution is 2.45. The molecule has 0 aliphatic heterocycles. The Hall–Kier alpha value is -6.06. The van der Waals surface area contributed by atoms with Gasteiger partial charge in [0.05, 0.1) is 16.6 Å². The second-order valence-corrected chi connectivity index (χ2v) is 13.9. The standard InChI is InChI=1S/C46H34N2O/c1-29-12-5-4-6-13-30-20-21-32(27-40(30)46(29,2)3)47(33-22-24-36-35-15-8-10-19-43(35)49-44(36)28-33)31-23-25-42-39(26-31)38-17-11-16-37-34-14-7-9-18-41(34)48(42)45(37)38/h4-12,14-28H,1,13H2,2-3H3/b6-4-,12-5-. The molecule has 0 bridgehead atoms. The number of fused-ring (bicyclic) bond motifs is 10. The number of para-hydroxylation sites is 3.